The summed E-state index contributed by atoms with van der Waals surface area (Å²) in [4.78, 5) is 12.4. The summed E-state index contributed by atoms with van der Waals surface area (Å²) in [7, 11) is 0. The Hall–Kier alpha value is -3.21. The molecule has 58 heavy (non-hydrogen) atoms. The van der Waals surface area contributed by atoms with Gasteiger partial charge in [0.25, 0.3) is 0 Å². The molecule has 4 heteroatoms. The monoisotopic (exact) mass is 800 g/mol. The van der Waals surface area contributed by atoms with Crippen LogP contribution in [0.15, 0.2) is 122 Å². The van der Waals surface area contributed by atoms with Crippen molar-refractivity contribution in [3.8, 4) is 0 Å². The molecule has 0 aliphatic carbocycles. The molecule has 3 N–H and O–H groups in total. The van der Waals surface area contributed by atoms with Crippen LogP contribution in [0.4, 0.5) is 0 Å². The van der Waals surface area contributed by atoms with Gasteiger partial charge in [-0.15, -0.1) is 0 Å². The first-order valence-corrected chi connectivity index (χ1v) is 23.7. The Morgan fingerprint density at radius 1 is 0.431 bits per heavy atom. The maximum Gasteiger partial charge on any atom is 0.220 e. The molecule has 0 bridgehead atoms. The molecule has 0 fully saturated rings. The van der Waals surface area contributed by atoms with Gasteiger partial charge < -0.3 is 15.5 Å². The summed E-state index contributed by atoms with van der Waals surface area (Å²) >= 11 is 0. The second-order valence-corrected chi connectivity index (χ2v) is 15.4. The lowest BCUT2D eigenvalue weighted by Gasteiger charge is -2.19. The molecule has 0 aromatic heterocycles. The summed E-state index contributed by atoms with van der Waals surface area (Å²) in [6.07, 6.45) is 74.6. The first-order chi connectivity index (χ1) is 28.7. The van der Waals surface area contributed by atoms with E-state index >= 15 is 0 Å². The van der Waals surface area contributed by atoms with Crippen molar-refractivity contribution in [3.63, 3.8) is 0 Å². The lowest BCUT2D eigenvalue weighted by Crippen LogP contribution is -2.45. The minimum absolute atomic E-state index is 0.0896. The Labute approximate surface area is 358 Å². The zero-order chi connectivity index (χ0) is 42.1. The molecule has 328 valence electrons. The number of rotatable bonds is 41. The minimum Gasteiger partial charge on any atom is -0.394 e. The maximum atomic E-state index is 12.4. The average molecular weight is 800 g/mol. The molecule has 2 unspecified atom stereocenters. The number of carbonyl (C=O) groups is 1. The smallest absolute Gasteiger partial charge is 0.220 e. The zero-order valence-corrected chi connectivity index (χ0v) is 37.5. The fraction of sp³-hybridized carbons (Fsp3) is 0.611. The van der Waals surface area contributed by atoms with E-state index in [9.17, 15) is 15.0 Å². The molecule has 0 saturated carbocycles. The number of allylic oxidation sites excluding steroid dienone is 19. The van der Waals surface area contributed by atoms with E-state index in [-0.39, 0.29) is 12.5 Å². The Balaban J connectivity index is 3.67. The van der Waals surface area contributed by atoms with E-state index in [1.165, 1.54) is 77.0 Å². The highest BCUT2D eigenvalue weighted by Gasteiger charge is 2.17. The largest absolute Gasteiger partial charge is 0.394 e. The van der Waals surface area contributed by atoms with E-state index in [0.717, 1.165) is 96.3 Å². The number of aliphatic hydroxyl groups is 2. The SMILES string of the molecule is CC/C=C\C/C=C\C/C=C\C/C=C\C/C=C\C/C=C\C/C=C\C/C=C\CCCCCCCCCCC(=O)NC(CO)C(O)/C=C/CC/C=C/CCCCCCCCC. The zero-order valence-electron chi connectivity index (χ0n) is 37.5. The Kier molecular flexibility index (Phi) is 45.5. The Morgan fingerprint density at radius 3 is 1.21 bits per heavy atom. The van der Waals surface area contributed by atoms with Gasteiger partial charge in [0.05, 0.1) is 18.8 Å². The molecule has 0 spiro atoms. The molecule has 0 aliphatic heterocycles. The number of aliphatic hydroxyl groups excluding tert-OH is 2. The van der Waals surface area contributed by atoms with E-state index in [2.05, 4.69) is 129 Å². The number of unbranched alkanes of at least 4 members (excludes halogenated alkanes) is 16. The topological polar surface area (TPSA) is 69.6 Å². The van der Waals surface area contributed by atoms with Crippen LogP contribution in [0.25, 0.3) is 0 Å². The molecule has 0 rings (SSSR count). The lowest BCUT2D eigenvalue weighted by molar-refractivity contribution is -0.123. The maximum absolute atomic E-state index is 12.4. The predicted octanol–water partition coefficient (Wildman–Crippen LogP) is 15.3. The van der Waals surface area contributed by atoms with Gasteiger partial charge in [0.2, 0.25) is 5.91 Å². The van der Waals surface area contributed by atoms with Gasteiger partial charge >= 0.3 is 0 Å². The van der Waals surface area contributed by atoms with Gasteiger partial charge in [0, 0.05) is 6.42 Å². The standard InChI is InChI=1S/C54H89NO3/c1-3-5-7-9-11-13-15-17-18-19-20-21-22-23-24-25-26-27-28-29-30-31-32-33-34-35-36-38-40-42-44-46-48-50-54(58)55-52(51-56)53(57)49-47-45-43-41-39-37-16-14-12-10-8-6-4-2/h5,7,11,13,17-18,20-21,23-24,26-27,29-30,32-33,39,41,47,49,52-53,56-57H,3-4,6,8-10,12,14-16,19,22,25,28,31,34-38,40,42-46,48,50-51H2,1-2H3,(H,55,58)/b7-5-,13-11-,18-17-,21-20-,24-23-,27-26-,30-29-,33-32-,41-39+,49-47+. The van der Waals surface area contributed by atoms with Crippen LogP contribution >= 0.6 is 0 Å². The molecule has 0 aromatic carbocycles. The van der Waals surface area contributed by atoms with Gasteiger partial charge in [-0.3, -0.25) is 4.79 Å². The van der Waals surface area contributed by atoms with Crippen molar-refractivity contribution in [2.75, 3.05) is 6.61 Å². The van der Waals surface area contributed by atoms with Gasteiger partial charge in [0.1, 0.15) is 0 Å². The molecule has 2 atom stereocenters. The van der Waals surface area contributed by atoms with Crippen LogP contribution in [0.3, 0.4) is 0 Å². The molecule has 0 saturated heterocycles. The van der Waals surface area contributed by atoms with Crippen molar-refractivity contribution in [2.24, 2.45) is 0 Å². The molecule has 0 aromatic rings. The van der Waals surface area contributed by atoms with Crippen LogP contribution in [0.1, 0.15) is 194 Å². The van der Waals surface area contributed by atoms with Crippen LogP contribution in [0, 0.1) is 0 Å². The first kappa shape index (κ1) is 54.8. The van der Waals surface area contributed by atoms with E-state index in [0.29, 0.717) is 6.42 Å². The summed E-state index contributed by atoms with van der Waals surface area (Å²) < 4.78 is 0. The fourth-order valence-corrected chi connectivity index (χ4v) is 6.33. The van der Waals surface area contributed by atoms with E-state index < -0.39 is 12.1 Å². The second kappa shape index (κ2) is 48.2. The van der Waals surface area contributed by atoms with E-state index in [1.807, 2.05) is 6.08 Å². The Bertz CT molecular complexity index is 1180. The van der Waals surface area contributed by atoms with Gasteiger partial charge in [0.15, 0.2) is 0 Å². The molecule has 0 heterocycles. The minimum atomic E-state index is -0.873. The highest BCUT2D eigenvalue weighted by atomic mass is 16.3. The molecular weight excluding hydrogens is 711 g/mol. The first-order valence-electron chi connectivity index (χ1n) is 23.7. The van der Waals surface area contributed by atoms with E-state index in [4.69, 9.17) is 0 Å². The number of carbonyl (C=O) groups excluding carboxylic acids is 1. The molecule has 1 amide bonds. The van der Waals surface area contributed by atoms with Gasteiger partial charge in [-0.2, -0.15) is 0 Å². The van der Waals surface area contributed by atoms with Crippen LogP contribution in [-0.2, 0) is 4.79 Å². The van der Waals surface area contributed by atoms with Gasteiger partial charge in [-0.25, -0.2) is 0 Å². The molecule has 4 nitrogen and oxygen atoms in total. The van der Waals surface area contributed by atoms with Crippen molar-refractivity contribution >= 4 is 5.91 Å². The highest BCUT2D eigenvalue weighted by molar-refractivity contribution is 5.76. The second-order valence-electron chi connectivity index (χ2n) is 15.4. The number of hydrogen-bond donors (Lipinski definition) is 3. The Morgan fingerprint density at radius 2 is 0.776 bits per heavy atom. The normalized spacial score (nSPS) is 14.1. The highest BCUT2D eigenvalue weighted by Crippen LogP contribution is 2.12. The third kappa shape index (κ3) is 43.9. The third-order valence-corrected chi connectivity index (χ3v) is 9.93. The molecule has 0 aliphatic rings. The van der Waals surface area contributed by atoms with Crippen LogP contribution in [-0.4, -0.2) is 34.9 Å². The van der Waals surface area contributed by atoms with Crippen molar-refractivity contribution < 1.29 is 15.0 Å². The summed E-state index contributed by atoms with van der Waals surface area (Å²) in [6, 6.07) is -0.651. The summed E-state index contributed by atoms with van der Waals surface area (Å²) in [6.45, 7) is 4.15. The lowest BCUT2D eigenvalue weighted by atomic mass is 10.1. The number of hydrogen-bond acceptors (Lipinski definition) is 3. The van der Waals surface area contributed by atoms with Crippen LogP contribution in [0.2, 0.25) is 0 Å². The molecular formula is C54H89NO3. The van der Waals surface area contributed by atoms with Gasteiger partial charge in [-0.1, -0.05) is 212 Å². The average Bonchev–Trinajstić information content (AvgIpc) is 3.23. The van der Waals surface area contributed by atoms with Crippen molar-refractivity contribution in [1.82, 2.24) is 5.32 Å². The van der Waals surface area contributed by atoms with Crippen molar-refractivity contribution in [1.29, 1.82) is 0 Å². The summed E-state index contributed by atoms with van der Waals surface area (Å²) in [5, 5.41) is 23.0. The summed E-state index contributed by atoms with van der Waals surface area (Å²) in [5.41, 5.74) is 0. The van der Waals surface area contributed by atoms with Crippen molar-refractivity contribution in [2.45, 2.75) is 206 Å². The predicted molar refractivity (Wildman–Crippen MR) is 257 cm³/mol. The number of nitrogens with one attached hydrogen (secondary N) is 1. The summed E-state index contributed by atoms with van der Waals surface area (Å²) in [5.74, 6) is -0.0896. The van der Waals surface area contributed by atoms with Crippen molar-refractivity contribution in [3.05, 3.63) is 122 Å². The van der Waals surface area contributed by atoms with E-state index in [1.54, 1.807) is 6.08 Å². The van der Waals surface area contributed by atoms with Crippen LogP contribution in [0.5, 0.6) is 0 Å². The third-order valence-electron chi connectivity index (χ3n) is 9.93. The fourth-order valence-electron chi connectivity index (χ4n) is 6.33. The van der Waals surface area contributed by atoms with Crippen LogP contribution < -0.4 is 5.32 Å². The number of amides is 1. The molecule has 0 radical (unpaired) electrons. The van der Waals surface area contributed by atoms with Gasteiger partial charge in [-0.05, 0) is 96.3 Å². The quantitative estimate of drug-likeness (QED) is 0.0426.